The first kappa shape index (κ1) is 16.6. The maximum atomic E-state index is 11.9. The van der Waals surface area contributed by atoms with Crippen LogP contribution in [0, 0.1) is 6.92 Å². The zero-order chi connectivity index (χ0) is 17.3. The van der Waals surface area contributed by atoms with E-state index in [4.69, 9.17) is 16.0 Å². The number of halogens is 1. The maximum absolute atomic E-state index is 11.9. The molecule has 1 atom stereocenters. The minimum absolute atomic E-state index is 0.121. The van der Waals surface area contributed by atoms with E-state index in [1.807, 2.05) is 24.3 Å². The van der Waals surface area contributed by atoms with Crippen molar-refractivity contribution < 1.29 is 14.8 Å². The van der Waals surface area contributed by atoms with Crippen molar-refractivity contribution in [1.82, 2.24) is 0 Å². The summed E-state index contributed by atoms with van der Waals surface area (Å²) in [7, 11) is 0. The SMILES string of the molecule is Cc1c(O)ccc2c(C[NH2+][C@@H](C)c3ccccc3Cl)cc(=O)oc12. The molecule has 0 fully saturated rings. The van der Waals surface area contributed by atoms with Crippen molar-refractivity contribution in [3.05, 3.63) is 74.6 Å². The van der Waals surface area contributed by atoms with Crippen LogP contribution in [-0.2, 0) is 6.54 Å². The number of hydrogen-bond acceptors (Lipinski definition) is 3. The van der Waals surface area contributed by atoms with Crippen molar-refractivity contribution >= 4 is 22.6 Å². The van der Waals surface area contributed by atoms with Crippen LogP contribution in [0.5, 0.6) is 5.75 Å². The molecule has 1 aromatic heterocycles. The molecule has 4 nitrogen and oxygen atoms in total. The molecule has 0 radical (unpaired) electrons. The lowest BCUT2D eigenvalue weighted by molar-refractivity contribution is -0.707. The van der Waals surface area contributed by atoms with Gasteiger partial charge in [-0.15, -0.1) is 0 Å². The quantitative estimate of drug-likeness (QED) is 0.714. The highest BCUT2D eigenvalue weighted by molar-refractivity contribution is 6.31. The van der Waals surface area contributed by atoms with Crippen LogP contribution in [0.1, 0.15) is 29.7 Å². The van der Waals surface area contributed by atoms with Gasteiger partial charge in [-0.2, -0.15) is 0 Å². The Morgan fingerprint density at radius 1 is 1.25 bits per heavy atom. The smallest absolute Gasteiger partial charge is 0.336 e. The Balaban J connectivity index is 1.92. The third-order valence-corrected chi connectivity index (χ3v) is 4.65. The summed E-state index contributed by atoms with van der Waals surface area (Å²) in [4.78, 5) is 11.9. The van der Waals surface area contributed by atoms with Gasteiger partial charge in [0.2, 0.25) is 0 Å². The van der Waals surface area contributed by atoms with Crippen molar-refractivity contribution in [2.45, 2.75) is 26.4 Å². The van der Waals surface area contributed by atoms with Gasteiger partial charge in [-0.25, -0.2) is 4.79 Å². The van der Waals surface area contributed by atoms with E-state index in [0.29, 0.717) is 17.7 Å². The van der Waals surface area contributed by atoms with Crippen molar-refractivity contribution in [3.8, 4) is 5.75 Å². The Hall–Kier alpha value is -2.30. The summed E-state index contributed by atoms with van der Waals surface area (Å²) in [5.41, 5.74) is 2.54. The molecule has 3 aromatic rings. The van der Waals surface area contributed by atoms with Crippen LogP contribution < -0.4 is 10.9 Å². The molecule has 0 bridgehead atoms. The summed E-state index contributed by atoms with van der Waals surface area (Å²) in [5, 5.41) is 13.5. The second-order valence-corrected chi connectivity index (χ2v) is 6.33. The Morgan fingerprint density at radius 3 is 2.75 bits per heavy atom. The summed E-state index contributed by atoms with van der Waals surface area (Å²) in [5.74, 6) is 0.121. The molecule has 1 heterocycles. The summed E-state index contributed by atoms with van der Waals surface area (Å²) in [6.45, 7) is 4.42. The van der Waals surface area contributed by atoms with E-state index in [9.17, 15) is 9.90 Å². The number of aryl methyl sites for hydroxylation is 1. The lowest BCUT2D eigenvalue weighted by Crippen LogP contribution is -2.83. The Labute approximate surface area is 144 Å². The number of phenolic OH excluding ortho intramolecular Hbond substituents is 1. The third-order valence-electron chi connectivity index (χ3n) is 4.31. The fraction of sp³-hybridized carbons (Fsp3) is 0.211. The molecule has 0 amide bonds. The number of hydrogen-bond donors (Lipinski definition) is 2. The van der Waals surface area contributed by atoms with Crippen LogP contribution >= 0.6 is 11.6 Å². The monoisotopic (exact) mass is 344 g/mol. The lowest BCUT2D eigenvalue weighted by Gasteiger charge is -2.13. The lowest BCUT2D eigenvalue weighted by atomic mass is 10.0. The number of phenols is 1. The average Bonchev–Trinajstić information content (AvgIpc) is 2.56. The molecule has 0 aliphatic rings. The van der Waals surface area contributed by atoms with Gasteiger partial charge in [-0.1, -0.05) is 29.8 Å². The van der Waals surface area contributed by atoms with E-state index >= 15 is 0 Å². The maximum Gasteiger partial charge on any atom is 0.336 e. The zero-order valence-electron chi connectivity index (χ0n) is 13.5. The van der Waals surface area contributed by atoms with Crippen LogP contribution in [0.4, 0.5) is 0 Å². The molecule has 2 aromatic carbocycles. The number of rotatable bonds is 4. The molecule has 3 N–H and O–H groups in total. The van der Waals surface area contributed by atoms with Crippen LogP contribution in [0.25, 0.3) is 11.0 Å². The van der Waals surface area contributed by atoms with Gasteiger partial charge in [0, 0.05) is 33.2 Å². The third kappa shape index (κ3) is 3.16. The average molecular weight is 345 g/mol. The van der Waals surface area contributed by atoms with E-state index in [0.717, 1.165) is 21.5 Å². The highest BCUT2D eigenvalue weighted by Gasteiger charge is 2.15. The summed E-state index contributed by atoms with van der Waals surface area (Å²) < 4.78 is 5.27. The molecule has 5 heteroatoms. The predicted molar refractivity (Wildman–Crippen MR) is 94.4 cm³/mol. The van der Waals surface area contributed by atoms with Crippen LogP contribution in [0.15, 0.2) is 51.7 Å². The molecule has 3 rings (SSSR count). The van der Waals surface area contributed by atoms with Gasteiger partial charge >= 0.3 is 5.63 Å². The number of aromatic hydroxyl groups is 1. The molecule has 24 heavy (non-hydrogen) atoms. The number of fused-ring (bicyclic) bond motifs is 1. The Morgan fingerprint density at radius 2 is 2.00 bits per heavy atom. The van der Waals surface area contributed by atoms with Crippen LogP contribution in [0.3, 0.4) is 0 Å². The fourth-order valence-corrected chi connectivity index (χ4v) is 3.17. The molecule has 124 valence electrons. The van der Waals surface area contributed by atoms with Gasteiger partial charge in [0.15, 0.2) is 0 Å². The first-order valence-corrected chi connectivity index (χ1v) is 8.18. The van der Waals surface area contributed by atoms with E-state index in [2.05, 4.69) is 12.2 Å². The van der Waals surface area contributed by atoms with Crippen molar-refractivity contribution in [1.29, 1.82) is 0 Å². The minimum Gasteiger partial charge on any atom is -0.508 e. The van der Waals surface area contributed by atoms with E-state index in [1.54, 1.807) is 19.1 Å². The molecule has 0 spiro atoms. The number of benzene rings is 2. The van der Waals surface area contributed by atoms with Gasteiger partial charge in [0.25, 0.3) is 0 Å². The standard InChI is InChI=1S/C19H18ClNO3/c1-11-17(22)8-7-15-13(9-18(23)24-19(11)15)10-21-12(2)14-5-3-4-6-16(14)20/h3-9,12,21-22H,10H2,1-2H3/p+1/t12-/m0/s1. The van der Waals surface area contributed by atoms with Gasteiger partial charge < -0.3 is 14.8 Å². The Bertz CT molecular complexity index is 949. The molecule has 0 aliphatic heterocycles. The van der Waals surface area contributed by atoms with Crippen molar-refractivity contribution in [2.75, 3.05) is 0 Å². The highest BCUT2D eigenvalue weighted by atomic mass is 35.5. The first-order valence-electron chi connectivity index (χ1n) is 7.80. The second kappa shape index (κ2) is 6.67. The largest absolute Gasteiger partial charge is 0.508 e. The van der Waals surface area contributed by atoms with Crippen molar-refractivity contribution in [2.24, 2.45) is 0 Å². The topological polar surface area (TPSA) is 67.1 Å². The van der Waals surface area contributed by atoms with Crippen LogP contribution in [0.2, 0.25) is 5.02 Å². The Kier molecular flexibility index (Phi) is 4.60. The molecular weight excluding hydrogens is 326 g/mol. The summed E-state index contributed by atoms with van der Waals surface area (Å²) in [6, 6.07) is 12.8. The molecular formula is C19H19ClNO3+. The van der Waals surface area contributed by atoms with E-state index in [1.165, 1.54) is 6.07 Å². The van der Waals surface area contributed by atoms with E-state index in [-0.39, 0.29) is 11.8 Å². The van der Waals surface area contributed by atoms with Gasteiger partial charge in [0.1, 0.15) is 23.9 Å². The van der Waals surface area contributed by atoms with Gasteiger partial charge in [0.05, 0.1) is 0 Å². The first-order chi connectivity index (χ1) is 11.5. The van der Waals surface area contributed by atoms with Gasteiger partial charge in [-0.05, 0) is 32.0 Å². The van der Waals surface area contributed by atoms with Crippen LogP contribution in [-0.4, -0.2) is 5.11 Å². The molecule has 0 saturated heterocycles. The summed E-state index contributed by atoms with van der Waals surface area (Å²) >= 11 is 6.25. The van der Waals surface area contributed by atoms with Gasteiger partial charge in [-0.3, -0.25) is 0 Å². The zero-order valence-corrected chi connectivity index (χ0v) is 14.3. The number of quaternary nitrogens is 1. The summed E-state index contributed by atoms with van der Waals surface area (Å²) in [6.07, 6.45) is 0. The molecule has 0 aliphatic carbocycles. The molecule has 0 unspecified atom stereocenters. The second-order valence-electron chi connectivity index (χ2n) is 5.93. The molecule has 0 saturated carbocycles. The highest BCUT2D eigenvalue weighted by Crippen LogP contribution is 2.27. The van der Waals surface area contributed by atoms with Crippen molar-refractivity contribution in [3.63, 3.8) is 0 Å². The van der Waals surface area contributed by atoms with E-state index < -0.39 is 5.63 Å². The fourth-order valence-electron chi connectivity index (χ4n) is 2.86. The minimum atomic E-state index is -0.412. The normalized spacial score (nSPS) is 12.5. The number of nitrogens with two attached hydrogens (primary N) is 1. The predicted octanol–water partition coefficient (Wildman–Crippen LogP) is 3.29.